The maximum atomic E-state index is 13.6. The van der Waals surface area contributed by atoms with Crippen molar-refractivity contribution in [2.45, 2.75) is 19.9 Å². The van der Waals surface area contributed by atoms with Gasteiger partial charge in [0.1, 0.15) is 0 Å². The zero-order valence-corrected chi connectivity index (χ0v) is 15.3. The molecule has 1 aromatic carbocycles. The van der Waals surface area contributed by atoms with Crippen LogP contribution in [0.25, 0.3) is 0 Å². The molecule has 1 aromatic rings. The quantitative estimate of drug-likeness (QED) is 0.516. The Bertz CT molecular complexity index is 524. The molecule has 0 N–H and O–H groups in total. The van der Waals surface area contributed by atoms with Crippen molar-refractivity contribution in [2.24, 2.45) is 0 Å². The van der Waals surface area contributed by atoms with E-state index < -0.39 is 7.67 Å². The molecular formula is C15H23Cl2N2O2P. The molecule has 0 aliphatic carbocycles. The number of hydrogen-bond donors (Lipinski definition) is 0. The van der Waals surface area contributed by atoms with Crippen LogP contribution < -0.4 is 0 Å². The van der Waals surface area contributed by atoms with E-state index in [0.717, 1.165) is 13.0 Å². The van der Waals surface area contributed by atoms with Gasteiger partial charge in [0.05, 0.1) is 6.61 Å². The van der Waals surface area contributed by atoms with Crippen molar-refractivity contribution in [1.29, 1.82) is 0 Å². The van der Waals surface area contributed by atoms with E-state index >= 15 is 0 Å². The van der Waals surface area contributed by atoms with Crippen LogP contribution in [0.4, 0.5) is 0 Å². The summed E-state index contributed by atoms with van der Waals surface area (Å²) in [5.41, 5.74) is 2.54. The zero-order chi connectivity index (χ0) is 16.0. The lowest BCUT2D eigenvalue weighted by Gasteiger charge is -2.39. The van der Waals surface area contributed by atoms with Gasteiger partial charge in [-0.05, 0) is 24.5 Å². The predicted molar refractivity (Wildman–Crippen MR) is 92.8 cm³/mol. The summed E-state index contributed by atoms with van der Waals surface area (Å²) in [4.78, 5) is 0. The lowest BCUT2D eigenvalue weighted by atomic mass is 10.0. The number of hydrogen-bond acceptors (Lipinski definition) is 2. The van der Waals surface area contributed by atoms with E-state index in [1.165, 1.54) is 11.1 Å². The summed E-state index contributed by atoms with van der Waals surface area (Å²) < 4.78 is 23.1. The van der Waals surface area contributed by atoms with E-state index in [1.807, 2.05) is 28.4 Å². The van der Waals surface area contributed by atoms with Crippen molar-refractivity contribution in [2.75, 3.05) is 38.0 Å². The zero-order valence-electron chi connectivity index (χ0n) is 12.9. The van der Waals surface area contributed by atoms with Crippen LogP contribution in [-0.2, 0) is 22.1 Å². The molecule has 0 aromatic heterocycles. The number of rotatable bonds is 8. The fourth-order valence-electron chi connectivity index (χ4n) is 2.77. The van der Waals surface area contributed by atoms with E-state index in [9.17, 15) is 4.57 Å². The molecule has 1 atom stereocenters. The average Bonchev–Trinajstić information content (AvgIpc) is 2.54. The van der Waals surface area contributed by atoms with Gasteiger partial charge in [-0.1, -0.05) is 24.3 Å². The number of fused-ring (bicyclic) bond motifs is 1. The van der Waals surface area contributed by atoms with Gasteiger partial charge in [0, 0.05) is 37.9 Å². The second-order valence-electron chi connectivity index (χ2n) is 5.15. The standard InChI is InChI=1S/C15H23Cl2N2O2P/c1-2-21-22(20,18(11-8-16)12-9-17)19-10-7-14-5-3-4-6-15(14)13-19/h3-6H,2,7-13H2,1H3. The molecule has 1 unspecified atom stereocenters. The predicted octanol–water partition coefficient (Wildman–Crippen LogP) is 3.97. The third-order valence-corrected chi connectivity index (χ3v) is 6.91. The van der Waals surface area contributed by atoms with Crippen LogP contribution in [0.1, 0.15) is 18.1 Å². The van der Waals surface area contributed by atoms with E-state index in [4.69, 9.17) is 27.7 Å². The minimum absolute atomic E-state index is 0.399. The molecular weight excluding hydrogens is 342 g/mol. The molecule has 1 aliphatic rings. The van der Waals surface area contributed by atoms with Crippen molar-refractivity contribution >= 4 is 30.9 Å². The second-order valence-corrected chi connectivity index (χ2v) is 8.27. The Morgan fingerprint density at radius 3 is 2.45 bits per heavy atom. The molecule has 22 heavy (non-hydrogen) atoms. The summed E-state index contributed by atoms with van der Waals surface area (Å²) >= 11 is 11.8. The van der Waals surface area contributed by atoms with Crippen LogP contribution >= 0.6 is 30.9 Å². The van der Waals surface area contributed by atoms with Crippen LogP contribution in [0.5, 0.6) is 0 Å². The highest BCUT2D eigenvalue weighted by Gasteiger charge is 2.39. The fourth-order valence-corrected chi connectivity index (χ4v) is 5.82. The monoisotopic (exact) mass is 364 g/mol. The lowest BCUT2D eigenvalue weighted by molar-refractivity contribution is 0.212. The van der Waals surface area contributed by atoms with Gasteiger partial charge < -0.3 is 4.52 Å². The van der Waals surface area contributed by atoms with E-state index in [2.05, 4.69) is 12.1 Å². The molecule has 124 valence electrons. The van der Waals surface area contributed by atoms with Crippen molar-refractivity contribution in [3.05, 3.63) is 35.4 Å². The molecule has 0 bridgehead atoms. The molecule has 0 radical (unpaired) electrons. The minimum Gasteiger partial charge on any atom is -0.306 e. The van der Waals surface area contributed by atoms with E-state index in [0.29, 0.717) is 38.0 Å². The average molecular weight is 365 g/mol. The Kier molecular flexibility index (Phi) is 7.20. The van der Waals surface area contributed by atoms with Gasteiger partial charge in [0.15, 0.2) is 0 Å². The number of alkyl halides is 2. The third kappa shape index (κ3) is 4.05. The molecule has 1 aliphatic heterocycles. The first kappa shape index (κ1) is 18.3. The smallest absolute Gasteiger partial charge is 0.306 e. The van der Waals surface area contributed by atoms with Gasteiger partial charge in [-0.3, -0.25) is 4.57 Å². The Balaban J connectivity index is 2.25. The van der Waals surface area contributed by atoms with Gasteiger partial charge in [-0.15, -0.1) is 23.2 Å². The summed E-state index contributed by atoms with van der Waals surface area (Å²) in [5.74, 6) is 0.802. The molecule has 4 nitrogen and oxygen atoms in total. The molecule has 2 rings (SSSR count). The number of nitrogens with zero attached hydrogens (tertiary/aromatic N) is 2. The highest BCUT2D eigenvalue weighted by atomic mass is 35.5. The number of benzene rings is 1. The third-order valence-electron chi connectivity index (χ3n) is 3.81. The van der Waals surface area contributed by atoms with Gasteiger partial charge >= 0.3 is 7.67 Å². The highest BCUT2D eigenvalue weighted by Crippen LogP contribution is 2.55. The minimum atomic E-state index is -3.10. The molecule has 7 heteroatoms. The molecule has 0 amide bonds. The SMILES string of the molecule is CCOP(=O)(N(CCCl)CCCl)N1CCc2ccccc2C1. The maximum Gasteiger partial charge on any atom is 0.346 e. The largest absolute Gasteiger partial charge is 0.346 e. The Morgan fingerprint density at radius 2 is 1.86 bits per heavy atom. The number of halogens is 2. The molecule has 0 fully saturated rings. The summed E-state index contributed by atoms with van der Waals surface area (Å²) in [5, 5.41) is 0. The molecule has 0 saturated carbocycles. The van der Waals surface area contributed by atoms with Gasteiger partial charge in [0.25, 0.3) is 0 Å². The van der Waals surface area contributed by atoms with Gasteiger partial charge in [-0.25, -0.2) is 9.34 Å². The topological polar surface area (TPSA) is 32.8 Å². The first-order valence-corrected chi connectivity index (χ1v) is 10.2. The Hall–Kier alpha value is -0.0900. The van der Waals surface area contributed by atoms with Crippen molar-refractivity contribution in [1.82, 2.24) is 9.34 Å². The maximum absolute atomic E-state index is 13.6. The van der Waals surface area contributed by atoms with Crippen LogP contribution in [0.2, 0.25) is 0 Å². The van der Waals surface area contributed by atoms with Gasteiger partial charge in [0.2, 0.25) is 0 Å². The summed E-state index contributed by atoms with van der Waals surface area (Å²) in [6.07, 6.45) is 0.878. The molecule has 0 saturated heterocycles. The Morgan fingerprint density at radius 1 is 1.23 bits per heavy atom. The summed E-state index contributed by atoms with van der Waals surface area (Å²) in [6.45, 7) is 4.62. The summed E-state index contributed by atoms with van der Waals surface area (Å²) in [6, 6.07) is 8.28. The van der Waals surface area contributed by atoms with Crippen LogP contribution in [-0.4, -0.2) is 47.3 Å². The fraction of sp³-hybridized carbons (Fsp3) is 0.600. The van der Waals surface area contributed by atoms with Crippen molar-refractivity contribution < 1.29 is 9.09 Å². The Labute approximate surface area is 142 Å². The van der Waals surface area contributed by atoms with E-state index in [1.54, 1.807) is 0 Å². The van der Waals surface area contributed by atoms with Crippen LogP contribution in [0.15, 0.2) is 24.3 Å². The summed E-state index contributed by atoms with van der Waals surface area (Å²) in [7, 11) is -3.10. The molecule has 1 heterocycles. The normalized spacial score (nSPS) is 18.2. The second kappa shape index (κ2) is 8.68. The van der Waals surface area contributed by atoms with Crippen LogP contribution in [0.3, 0.4) is 0 Å². The molecule has 0 spiro atoms. The first-order valence-electron chi connectivity index (χ1n) is 7.59. The highest BCUT2D eigenvalue weighted by molar-refractivity contribution is 7.53. The first-order chi connectivity index (χ1) is 10.7. The van der Waals surface area contributed by atoms with Crippen molar-refractivity contribution in [3.63, 3.8) is 0 Å². The van der Waals surface area contributed by atoms with E-state index in [-0.39, 0.29) is 0 Å². The van der Waals surface area contributed by atoms with Crippen LogP contribution in [0, 0.1) is 0 Å². The van der Waals surface area contributed by atoms with Crippen molar-refractivity contribution in [3.8, 4) is 0 Å². The lowest BCUT2D eigenvalue weighted by Crippen LogP contribution is -2.38. The van der Waals surface area contributed by atoms with Gasteiger partial charge in [-0.2, -0.15) is 0 Å².